The molecule has 1 unspecified atom stereocenters. The molecule has 84 valence electrons. The number of rotatable bonds is 6. The molecule has 1 aromatic carbocycles. The Morgan fingerprint density at radius 3 is 2.67 bits per heavy atom. The summed E-state index contributed by atoms with van der Waals surface area (Å²) in [6.45, 7) is 1.38. The molecule has 4 heteroatoms. The van der Waals surface area contributed by atoms with Gasteiger partial charge in [-0.05, 0) is 24.7 Å². The van der Waals surface area contributed by atoms with Gasteiger partial charge in [-0.1, -0.05) is 23.7 Å². The SMILES string of the molecule is CNCC(O)COCc1ccc(Cl)cc1. The zero-order valence-corrected chi connectivity index (χ0v) is 9.50. The second-order valence-corrected chi connectivity index (χ2v) is 3.79. The summed E-state index contributed by atoms with van der Waals surface area (Å²) in [5.74, 6) is 0. The van der Waals surface area contributed by atoms with E-state index in [9.17, 15) is 5.11 Å². The molecule has 0 spiro atoms. The van der Waals surface area contributed by atoms with Crippen molar-refractivity contribution in [3.8, 4) is 0 Å². The van der Waals surface area contributed by atoms with Gasteiger partial charge in [0.2, 0.25) is 0 Å². The minimum atomic E-state index is -0.456. The lowest BCUT2D eigenvalue weighted by Gasteiger charge is -2.10. The Kier molecular flexibility index (Phi) is 5.65. The van der Waals surface area contributed by atoms with E-state index >= 15 is 0 Å². The monoisotopic (exact) mass is 229 g/mol. The summed E-state index contributed by atoms with van der Waals surface area (Å²) < 4.78 is 5.34. The van der Waals surface area contributed by atoms with Gasteiger partial charge >= 0.3 is 0 Å². The van der Waals surface area contributed by atoms with E-state index < -0.39 is 6.10 Å². The van der Waals surface area contributed by atoms with Crippen LogP contribution in [0.5, 0.6) is 0 Å². The molecule has 0 saturated heterocycles. The zero-order chi connectivity index (χ0) is 11.1. The minimum Gasteiger partial charge on any atom is -0.389 e. The maximum absolute atomic E-state index is 9.36. The highest BCUT2D eigenvalue weighted by molar-refractivity contribution is 6.30. The van der Waals surface area contributed by atoms with Crippen molar-refractivity contribution >= 4 is 11.6 Å². The first kappa shape index (κ1) is 12.5. The number of benzene rings is 1. The lowest BCUT2D eigenvalue weighted by molar-refractivity contribution is 0.0297. The van der Waals surface area contributed by atoms with Crippen LogP contribution in [-0.2, 0) is 11.3 Å². The number of likely N-dealkylation sites (N-methyl/N-ethyl adjacent to an activating group) is 1. The highest BCUT2D eigenvalue weighted by Crippen LogP contribution is 2.10. The Balaban J connectivity index is 2.22. The van der Waals surface area contributed by atoms with Crippen molar-refractivity contribution in [2.24, 2.45) is 0 Å². The van der Waals surface area contributed by atoms with Gasteiger partial charge in [0.15, 0.2) is 0 Å². The van der Waals surface area contributed by atoms with E-state index in [0.717, 1.165) is 5.56 Å². The molecule has 0 heterocycles. The number of aliphatic hydroxyl groups is 1. The number of ether oxygens (including phenoxy) is 1. The second kappa shape index (κ2) is 6.80. The van der Waals surface area contributed by atoms with Gasteiger partial charge in [0.25, 0.3) is 0 Å². The predicted octanol–water partition coefficient (Wildman–Crippen LogP) is 1.44. The summed E-state index contributed by atoms with van der Waals surface area (Å²) in [6, 6.07) is 7.47. The van der Waals surface area contributed by atoms with Crippen LogP contribution in [0.3, 0.4) is 0 Å². The second-order valence-electron chi connectivity index (χ2n) is 3.35. The van der Waals surface area contributed by atoms with Gasteiger partial charge in [0.05, 0.1) is 19.3 Å². The van der Waals surface area contributed by atoms with E-state index in [0.29, 0.717) is 24.8 Å². The largest absolute Gasteiger partial charge is 0.389 e. The van der Waals surface area contributed by atoms with Crippen LogP contribution in [0, 0.1) is 0 Å². The smallest absolute Gasteiger partial charge is 0.0897 e. The molecule has 2 N–H and O–H groups in total. The van der Waals surface area contributed by atoms with Crippen LogP contribution in [0.25, 0.3) is 0 Å². The Bertz CT molecular complexity index is 276. The third-order valence-corrected chi connectivity index (χ3v) is 2.18. The number of aliphatic hydroxyl groups excluding tert-OH is 1. The molecular weight excluding hydrogens is 214 g/mol. The first-order valence-electron chi connectivity index (χ1n) is 4.87. The summed E-state index contributed by atoms with van der Waals surface area (Å²) in [7, 11) is 1.79. The maximum Gasteiger partial charge on any atom is 0.0897 e. The van der Waals surface area contributed by atoms with E-state index in [4.69, 9.17) is 16.3 Å². The fourth-order valence-corrected chi connectivity index (χ4v) is 1.31. The van der Waals surface area contributed by atoms with E-state index in [1.807, 2.05) is 24.3 Å². The molecule has 0 aromatic heterocycles. The topological polar surface area (TPSA) is 41.5 Å². The number of nitrogens with one attached hydrogen (secondary N) is 1. The molecule has 0 amide bonds. The summed E-state index contributed by atoms with van der Waals surface area (Å²) in [4.78, 5) is 0. The van der Waals surface area contributed by atoms with Gasteiger partial charge in [-0.2, -0.15) is 0 Å². The van der Waals surface area contributed by atoms with Gasteiger partial charge in [0.1, 0.15) is 0 Å². The van der Waals surface area contributed by atoms with Gasteiger partial charge < -0.3 is 15.2 Å². The van der Waals surface area contributed by atoms with Crippen molar-refractivity contribution in [3.63, 3.8) is 0 Å². The molecule has 0 aliphatic carbocycles. The first-order valence-corrected chi connectivity index (χ1v) is 5.25. The van der Waals surface area contributed by atoms with Crippen molar-refractivity contribution in [1.29, 1.82) is 0 Å². The van der Waals surface area contributed by atoms with Crippen molar-refractivity contribution in [2.75, 3.05) is 20.2 Å². The molecule has 1 aromatic rings. The maximum atomic E-state index is 9.36. The molecule has 0 aliphatic rings. The fraction of sp³-hybridized carbons (Fsp3) is 0.455. The molecule has 0 fully saturated rings. The lowest BCUT2D eigenvalue weighted by Crippen LogP contribution is -2.27. The van der Waals surface area contributed by atoms with Crippen molar-refractivity contribution in [3.05, 3.63) is 34.9 Å². The third kappa shape index (κ3) is 5.14. The highest BCUT2D eigenvalue weighted by Gasteiger charge is 2.02. The predicted molar refractivity (Wildman–Crippen MR) is 61.0 cm³/mol. The average Bonchev–Trinajstić information content (AvgIpc) is 2.21. The number of hydrogen-bond acceptors (Lipinski definition) is 3. The summed E-state index contributed by atoms with van der Waals surface area (Å²) in [6.07, 6.45) is -0.456. The van der Waals surface area contributed by atoms with Gasteiger partial charge in [0, 0.05) is 11.6 Å². The molecule has 1 atom stereocenters. The molecular formula is C11H16ClNO2. The van der Waals surface area contributed by atoms with Crippen LogP contribution in [-0.4, -0.2) is 31.4 Å². The van der Waals surface area contributed by atoms with Crippen LogP contribution >= 0.6 is 11.6 Å². The lowest BCUT2D eigenvalue weighted by atomic mass is 10.2. The molecule has 1 rings (SSSR count). The van der Waals surface area contributed by atoms with E-state index in [-0.39, 0.29) is 0 Å². The highest BCUT2D eigenvalue weighted by atomic mass is 35.5. The fourth-order valence-electron chi connectivity index (χ4n) is 1.19. The normalized spacial score (nSPS) is 12.7. The average molecular weight is 230 g/mol. The molecule has 15 heavy (non-hydrogen) atoms. The summed E-state index contributed by atoms with van der Waals surface area (Å²) in [5, 5.41) is 13.0. The van der Waals surface area contributed by atoms with E-state index in [2.05, 4.69) is 5.32 Å². The summed E-state index contributed by atoms with van der Waals surface area (Å²) >= 11 is 5.75. The standard InChI is InChI=1S/C11H16ClNO2/c1-13-6-11(14)8-15-7-9-2-4-10(12)5-3-9/h2-5,11,13-14H,6-8H2,1H3. The first-order chi connectivity index (χ1) is 7.22. The van der Waals surface area contributed by atoms with Crippen molar-refractivity contribution in [1.82, 2.24) is 5.32 Å². The van der Waals surface area contributed by atoms with Gasteiger partial charge in [-0.3, -0.25) is 0 Å². The summed E-state index contributed by atoms with van der Waals surface area (Å²) in [5.41, 5.74) is 1.05. The molecule has 0 saturated carbocycles. The molecule has 0 aliphatic heterocycles. The number of halogens is 1. The minimum absolute atomic E-state index is 0.337. The Morgan fingerprint density at radius 2 is 2.07 bits per heavy atom. The molecule has 3 nitrogen and oxygen atoms in total. The van der Waals surface area contributed by atoms with Gasteiger partial charge in [-0.25, -0.2) is 0 Å². The number of hydrogen-bond donors (Lipinski definition) is 2. The van der Waals surface area contributed by atoms with E-state index in [1.165, 1.54) is 0 Å². The molecule has 0 bridgehead atoms. The Hall–Kier alpha value is -0.610. The third-order valence-electron chi connectivity index (χ3n) is 1.93. The van der Waals surface area contributed by atoms with Crippen LogP contribution in [0.4, 0.5) is 0 Å². The Labute approximate surface area is 95.0 Å². The van der Waals surface area contributed by atoms with Crippen LogP contribution in [0.1, 0.15) is 5.56 Å². The quantitative estimate of drug-likeness (QED) is 0.776. The van der Waals surface area contributed by atoms with Crippen molar-refractivity contribution in [2.45, 2.75) is 12.7 Å². The Morgan fingerprint density at radius 1 is 1.40 bits per heavy atom. The zero-order valence-electron chi connectivity index (χ0n) is 8.74. The van der Waals surface area contributed by atoms with Crippen molar-refractivity contribution < 1.29 is 9.84 Å². The van der Waals surface area contributed by atoms with Gasteiger partial charge in [-0.15, -0.1) is 0 Å². The van der Waals surface area contributed by atoms with Crippen LogP contribution in [0.2, 0.25) is 5.02 Å². The van der Waals surface area contributed by atoms with Crippen LogP contribution < -0.4 is 5.32 Å². The van der Waals surface area contributed by atoms with E-state index in [1.54, 1.807) is 7.05 Å². The molecule has 0 radical (unpaired) electrons. The van der Waals surface area contributed by atoms with Crippen LogP contribution in [0.15, 0.2) is 24.3 Å².